The Morgan fingerprint density at radius 3 is 2.86 bits per heavy atom. The van der Waals surface area contributed by atoms with Crippen LogP contribution in [0.4, 0.5) is 0 Å². The van der Waals surface area contributed by atoms with E-state index < -0.39 is 10.3 Å². The third kappa shape index (κ3) is 3.40. The van der Waals surface area contributed by atoms with E-state index in [9.17, 15) is 8.42 Å². The predicted octanol–water partition coefficient (Wildman–Crippen LogP) is 0.0908. The summed E-state index contributed by atoms with van der Waals surface area (Å²) < 4.78 is 21.8. The molecule has 1 fully saturated rings. The zero-order chi connectivity index (χ0) is 10.4. The fourth-order valence-electron chi connectivity index (χ4n) is 1.60. The highest BCUT2D eigenvalue weighted by molar-refractivity contribution is 7.72. The van der Waals surface area contributed by atoms with Crippen molar-refractivity contribution in [1.82, 2.24) is 10.2 Å². The highest BCUT2D eigenvalue weighted by atomic mass is 32.2. The maximum Gasteiger partial charge on any atom is 0.229 e. The van der Waals surface area contributed by atoms with Gasteiger partial charge in [0.2, 0.25) is 10.3 Å². The molecule has 0 saturated carbocycles. The van der Waals surface area contributed by atoms with Gasteiger partial charge in [0.05, 0.1) is 0 Å². The van der Waals surface area contributed by atoms with E-state index in [0.29, 0.717) is 11.5 Å². The fraction of sp³-hybridized carbons (Fsp3) is 0.889. The van der Waals surface area contributed by atoms with Crippen LogP contribution in [-0.4, -0.2) is 44.5 Å². The summed E-state index contributed by atoms with van der Waals surface area (Å²) in [6, 6.07) is 0. The maximum absolute atomic E-state index is 10.9. The van der Waals surface area contributed by atoms with E-state index >= 15 is 0 Å². The molecule has 14 heavy (non-hydrogen) atoms. The predicted molar refractivity (Wildman–Crippen MR) is 57.9 cm³/mol. The molecule has 0 aromatic rings. The van der Waals surface area contributed by atoms with Crippen molar-refractivity contribution in [3.05, 3.63) is 0 Å². The third-order valence-corrected chi connectivity index (χ3v) is 3.20. The first-order valence-electron chi connectivity index (χ1n) is 5.16. The van der Waals surface area contributed by atoms with Crippen LogP contribution in [0.25, 0.3) is 0 Å². The summed E-state index contributed by atoms with van der Waals surface area (Å²) in [6.45, 7) is 5.20. The van der Waals surface area contributed by atoms with E-state index in [0.717, 1.165) is 26.1 Å². The lowest BCUT2D eigenvalue weighted by atomic mass is 10.2. The van der Waals surface area contributed by atoms with Crippen molar-refractivity contribution in [2.75, 3.05) is 26.2 Å². The van der Waals surface area contributed by atoms with Crippen LogP contribution in [0, 0.1) is 0 Å². The molecule has 0 spiro atoms. The monoisotopic (exact) mass is 218 g/mol. The van der Waals surface area contributed by atoms with Crippen molar-refractivity contribution < 1.29 is 8.42 Å². The van der Waals surface area contributed by atoms with E-state index in [1.54, 1.807) is 0 Å². The highest BCUT2D eigenvalue weighted by Gasteiger charge is 2.17. The van der Waals surface area contributed by atoms with Crippen LogP contribution in [0.1, 0.15) is 26.2 Å². The second-order valence-electron chi connectivity index (χ2n) is 3.50. The summed E-state index contributed by atoms with van der Waals surface area (Å²) in [5.41, 5.74) is 0. The van der Waals surface area contributed by atoms with Crippen LogP contribution < -0.4 is 5.32 Å². The summed E-state index contributed by atoms with van der Waals surface area (Å²) >= 11 is 0. The molecule has 1 saturated heterocycles. The number of hydrogen-bond acceptors (Lipinski definition) is 3. The minimum atomic E-state index is -2.06. The van der Waals surface area contributed by atoms with Crippen molar-refractivity contribution in [3.8, 4) is 0 Å². The Hall–Kier alpha value is -0.390. The Labute approximate surface area is 86.8 Å². The van der Waals surface area contributed by atoms with Crippen molar-refractivity contribution >= 4 is 15.3 Å². The fourth-order valence-corrected chi connectivity index (χ4v) is 2.21. The molecule has 0 atom stereocenters. The molecule has 1 aliphatic rings. The minimum absolute atomic E-state index is 0.488. The molecule has 0 unspecified atom stereocenters. The number of piperazine rings is 1. The van der Waals surface area contributed by atoms with Crippen molar-refractivity contribution in [2.24, 2.45) is 0 Å². The molecule has 82 valence electrons. The summed E-state index contributed by atoms with van der Waals surface area (Å²) in [5, 5.41) is 3.06. The molecule has 0 aliphatic carbocycles. The maximum atomic E-state index is 10.9. The molecule has 0 aromatic carbocycles. The second kappa shape index (κ2) is 6.16. The van der Waals surface area contributed by atoms with Crippen LogP contribution >= 0.6 is 0 Å². The van der Waals surface area contributed by atoms with Gasteiger partial charge >= 0.3 is 0 Å². The number of hydrogen-bond donors (Lipinski definition) is 1. The van der Waals surface area contributed by atoms with Gasteiger partial charge in [0.15, 0.2) is 0 Å². The number of nitrogens with zero attached hydrogens (tertiary/aromatic N) is 1. The van der Waals surface area contributed by atoms with Gasteiger partial charge < -0.3 is 5.32 Å². The van der Waals surface area contributed by atoms with Crippen molar-refractivity contribution in [1.29, 1.82) is 0 Å². The molecular formula is C9H18N2O2S. The second-order valence-corrected chi connectivity index (χ2v) is 4.44. The molecule has 1 rings (SSSR count). The summed E-state index contributed by atoms with van der Waals surface area (Å²) in [4.78, 5) is 2.50. The van der Waals surface area contributed by atoms with Crippen molar-refractivity contribution in [3.63, 3.8) is 0 Å². The lowest BCUT2D eigenvalue weighted by molar-refractivity contribution is 0.375. The SMILES string of the molecule is CCCCCN1CCNCC1=S(=O)=O. The van der Waals surface area contributed by atoms with Crippen LogP contribution in [0.3, 0.4) is 0 Å². The van der Waals surface area contributed by atoms with E-state index in [4.69, 9.17) is 0 Å². The molecule has 0 radical (unpaired) electrons. The van der Waals surface area contributed by atoms with Gasteiger partial charge in [-0.05, 0) is 6.42 Å². The smallest absolute Gasteiger partial charge is 0.229 e. The minimum Gasteiger partial charge on any atom is -0.309 e. The molecule has 1 heterocycles. The standard InChI is InChI=1S/C9H18N2O2S/c1-2-3-4-6-11-7-5-10-8-9(11)14(12)13/h10H,2-8H2,1H3. The Morgan fingerprint density at radius 2 is 2.21 bits per heavy atom. The molecule has 4 nitrogen and oxygen atoms in total. The number of rotatable bonds is 4. The van der Waals surface area contributed by atoms with Gasteiger partial charge in [-0.15, -0.1) is 0 Å². The van der Waals surface area contributed by atoms with Crippen LogP contribution in [0.15, 0.2) is 0 Å². The Kier molecular flexibility index (Phi) is 5.14. The molecule has 1 N–H and O–H groups in total. The topological polar surface area (TPSA) is 49.4 Å². The van der Waals surface area contributed by atoms with E-state index in [2.05, 4.69) is 12.2 Å². The summed E-state index contributed by atoms with van der Waals surface area (Å²) in [5.74, 6) is 0. The average molecular weight is 218 g/mol. The molecule has 5 heteroatoms. The first-order chi connectivity index (χ1) is 6.75. The highest BCUT2D eigenvalue weighted by Crippen LogP contribution is 2.01. The molecule has 0 aromatic heterocycles. The van der Waals surface area contributed by atoms with Gasteiger partial charge in [-0.3, -0.25) is 4.90 Å². The van der Waals surface area contributed by atoms with Gasteiger partial charge in [0, 0.05) is 26.2 Å². The van der Waals surface area contributed by atoms with Crippen molar-refractivity contribution in [2.45, 2.75) is 26.2 Å². The quantitative estimate of drug-likeness (QED) is 0.537. The lowest BCUT2D eigenvalue weighted by Crippen LogP contribution is -2.48. The summed E-state index contributed by atoms with van der Waals surface area (Å²) in [6.07, 6.45) is 3.42. The van der Waals surface area contributed by atoms with E-state index in [-0.39, 0.29) is 0 Å². The normalized spacial score (nSPS) is 18.5. The zero-order valence-electron chi connectivity index (χ0n) is 8.62. The Balaban J connectivity index is 2.52. The van der Waals surface area contributed by atoms with Gasteiger partial charge in [0.25, 0.3) is 0 Å². The third-order valence-electron chi connectivity index (χ3n) is 2.41. The molecule has 1 aliphatic heterocycles. The van der Waals surface area contributed by atoms with Gasteiger partial charge in [0.1, 0.15) is 4.99 Å². The first kappa shape index (κ1) is 11.7. The lowest BCUT2D eigenvalue weighted by Gasteiger charge is -2.27. The van der Waals surface area contributed by atoms with Crippen LogP contribution in [0.2, 0.25) is 0 Å². The largest absolute Gasteiger partial charge is 0.309 e. The van der Waals surface area contributed by atoms with Crippen LogP contribution in [-0.2, 0) is 10.3 Å². The number of nitrogens with one attached hydrogen (secondary N) is 1. The number of unbranched alkanes of at least 4 members (excludes halogenated alkanes) is 2. The summed E-state index contributed by atoms with van der Waals surface area (Å²) in [7, 11) is -2.06. The van der Waals surface area contributed by atoms with Gasteiger partial charge in [-0.1, -0.05) is 19.8 Å². The van der Waals surface area contributed by atoms with Gasteiger partial charge in [-0.2, -0.15) is 8.42 Å². The van der Waals surface area contributed by atoms with Crippen LogP contribution in [0.5, 0.6) is 0 Å². The molecule has 0 amide bonds. The Bertz CT molecular complexity index is 290. The average Bonchev–Trinajstić information content (AvgIpc) is 2.19. The van der Waals surface area contributed by atoms with E-state index in [1.807, 2.05) is 4.90 Å². The zero-order valence-corrected chi connectivity index (χ0v) is 9.44. The molecule has 0 bridgehead atoms. The van der Waals surface area contributed by atoms with E-state index in [1.165, 1.54) is 12.8 Å². The first-order valence-corrected chi connectivity index (χ1v) is 6.24. The molecular weight excluding hydrogens is 200 g/mol. The Morgan fingerprint density at radius 1 is 1.43 bits per heavy atom. The van der Waals surface area contributed by atoms with Gasteiger partial charge in [-0.25, -0.2) is 0 Å².